The minimum atomic E-state index is -1.17. The second-order valence-corrected chi connectivity index (χ2v) is 5.06. The Morgan fingerprint density at radius 3 is 2.60 bits per heavy atom. The first-order chi connectivity index (χ1) is 11.9. The zero-order valence-electron chi connectivity index (χ0n) is 13.3. The maximum absolute atomic E-state index is 12.1. The fourth-order valence-corrected chi connectivity index (χ4v) is 2.04. The van der Waals surface area contributed by atoms with Crippen LogP contribution in [0.4, 0.5) is 5.69 Å². The number of nitro groups is 1. The largest absolute Gasteiger partial charge is 0.480 e. The van der Waals surface area contributed by atoms with Crippen molar-refractivity contribution in [3.63, 3.8) is 0 Å². The molecule has 1 unspecified atom stereocenters. The van der Waals surface area contributed by atoms with Gasteiger partial charge in [-0.2, -0.15) is 5.10 Å². The van der Waals surface area contributed by atoms with Gasteiger partial charge in [-0.25, -0.2) is 9.48 Å². The van der Waals surface area contributed by atoms with Crippen molar-refractivity contribution in [2.75, 3.05) is 13.7 Å². The fourth-order valence-electron chi connectivity index (χ4n) is 2.04. The number of carbonyl (C=O) groups excluding carboxylic acids is 1. The molecule has 0 fully saturated rings. The molecule has 0 aliphatic carbocycles. The number of benzene rings is 1. The van der Waals surface area contributed by atoms with E-state index in [2.05, 4.69) is 10.4 Å². The van der Waals surface area contributed by atoms with Crippen LogP contribution < -0.4 is 5.32 Å². The van der Waals surface area contributed by atoms with Crippen molar-refractivity contribution >= 4 is 17.6 Å². The molecule has 0 radical (unpaired) electrons. The summed E-state index contributed by atoms with van der Waals surface area (Å²) < 4.78 is 6.18. The number of methoxy groups -OCH3 is 1. The molecule has 132 valence electrons. The molecule has 1 atom stereocenters. The van der Waals surface area contributed by atoms with Gasteiger partial charge in [-0.1, -0.05) is 0 Å². The second kappa shape index (κ2) is 8.02. The number of ether oxygens (including phenoxy) is 1. The van der Waals surface area contributed by atoms with Crippen molar-refractivity contribution in [2.24, 2.45) is 0 Å². The van der Waals surface area contributed by atoms with E-state index in [0.29, 0.717) is 5.69 Å². The summed E-state index contributed by atoms with van der Waals surface area (Å²) in [5.41, 5.74) is 0.497. The number of carbonyl (C=O) groups is 2. The predicted molar refractivity (Wildman–Crippen MR) is 85.6 cm³/mol. The van der Waals surface area contributed by atoms with E-state index in [-0.39, 0.29) is 24.4 Å². The highest BCUT2D eigenvalue weighted by atomic mass is 16.6. The van der Waals surface area contributed by atoms with Crippen LogP contribution in [0.5, 0.6) is 0 Å². The Hall–Kier alpha value is -3.27. The van der Waals surface area contributed by atoms with Crippen LogP contribution in [0.1, 0.15) is 16.9 Å². The Morgan fingerprint density at radius 2 is 2.04 bits per heavy atom. The van der Waals surface area contributed by atoms with Gasteiger partial charge in [0.2, 0.25) is 0 Å². The maximum atomic E-state index is 12.1. The van der Waals surface area contributed by atoms with Crippen molar-refractivity contribution in [3.8, 4) is 5.69 Å². The van der Waals surface area contributed by atoms with Gasteiger partial charge in [0.15, 0.2) is 5.69 Å². The standard InChI is InChI=1S/C15H16N4O6/c1-25-9-7-13(15(21)22)16-14(20)12-6-8-18(17-12)10-2-4-11(5-3-10)19(23)24/h2-6,8,13H,7,9H2,1H3,(H,16,20)(H,21,22). The molecular formula is C15H16N4O6. The van der Waals surface area contributed by atoms with Gasteiger partial charge in [0, 0.05) is 38.5 Å². The number of hydrogen-bond donors (Lipinski definition) is 2. The van der Waals surface area contributed by atoms with Crippen LogP contribution in [0, 0.1) is 10.1 Å². The number of carboxylic acid groups (broad SMARTS) is 1. The number of nitrogens with zero attached hydrogens (tertiary/aromatic N) is 3. The highest BCUT2D eigenvalue weighted by Crippen LogP contribution is 2.15. The number of rotatable bonds is 8. The smallest absolute Gasteiger partial charge is 0.326 e. The lowest BCUT2D eigenvalue weighted by molar-refractivity contribution is -0.384. The minimum absolute atomic E-state index is 0.0296. The fraction of sp³-hybridized carbons (Fsp3) is 0.267. The summed E-state index contributed by atoms with van der Waals surface area (Å²) in [4.78, 5) is 33.4. The van der Waals surface area contributed by atoms with E-state index < -0.39 is 22.8 Å². The van der Waals surface area contributed by atoms with Crippen LogP contribution >= 0.6 is 0 Å². The number of amides is 1. The Labute approximate surface area is 142 Å². The molecule has 1 amide bonds. The van der Waals surface area contributed by atoms with Crippen molar-refractivity contribution in [3.05, 3.63) is 52.3 Å². The molecular weight excluding hydrogens is 332 g/mol. The van der Waals surface area contributed by atoms with Gasteiger partial charge < -0.3 is 15.2 Å². The van der Waals surface area contributed by atoms with Crippen molar-refractivity contribution in [2.45, 2.75) is 12.5 Å². The molecule has 1 aromatic heterocycles. The van der Waals surface area contributed by atoms with E-state index >= 15 is 0 Å². The SMILES string of the molecule is COCCC(NC(=O)c1ccn(-c2ccc([N+](=O)[O-])cc2)n1)C(=O)O. The van der Waals surface area contributed by atoms with E-state index in [1.54, 1.807) is 0 Å². The van der Waals surface area contributed by atoms with E-state index in [9.17, 15) is 19.7 Å². The van der Waals surface area contributed by atoms with E-state index in [0.717, 1.165) is 0 Å². The Balaban J connectivity index is 2.10. The molecule has 0 saturated carbocycles. The van der Waals surface area contributed by atoms with Gasteiger partial charge in [0.25, 0.3) is 11.6 Å². The Bertz CT molecular complexity index is 771. The third-order valence-electron chi connectivity index (χ3n) is 3.36. The summed E-state index contributed by atoms with van der Waals surface area (Å²) in [5, 5.41) is 26.2. The minimum Gasteiger partial charge on any atom is -0.480 e. The lowest BCUT2D eigenvalue weighted by Crippen LogP contribution is -2.41. The number of non-ortho nitro benzene ring substituents is 1. The van der Waals surface area contributed by atoms with E-state index in [4.69, 9.17) is 9.84 Å². The molecule has 25 heavy (non-hydrogen) atoms. The quantitative estimate of drug-likeness (QED) is 0.536. The van der Waals surface area contributed by atoms with Gasteiger partial charge in [-0.15, -0.1) is 0 Å². The van der Waals surface area contributed by atoms with Crippen molar-refractivity contribution < 1.29 is 24.4 Å². The highest BCUT2D eigenvalue weighted by molar-refractivity contribution is 5.94. The second-order valence-electron chi connectivity index (χ2n) is 5.06. The monoisotopic (exact) mass is 348 g/mol. The van der Waals surface area contributed by atoms with Crippen molar-refractivity contribution in [1.82, 2.24) is 15.1 Å². The Morgan fingerprint density at radius 1 is 1.36 bits per heavy atom. The number of aromatic nitrogens is 2. The summed E-state index contributed by atoms with van der Waals surface area (Å²) in [6, 6.07) is 5.96. The molecule has 0 spiro atoms. The normalized spacial score (nSPS) is 11.7. The van der Waals surface area contributed by atoms with Crippen LogP contribution in [0.25, 0.3) is 5.69 Å². The van der Waals surface area contributed by atoms with Gasteiger partial charge in [0.1, 0.15) is 6.04 Å². The van der Waals surface area contributed by atoms with Gasteiger partial charge >= 0.3 is 5.97 Å². The van der Waals surface area contributed by atoms with E-state index in [1.165, 1.54) is 48.3 Å². The molecule has 10 heteroatoms. The molecule has 0 saturated heterocycles. The molecule has 1 aromatic carbocycles. The van der Waals surface area contributed by atoms with Gasteiger partial charge in [0.05, 0.1) is 10.6 Å². The molecule has 0 bridgehead atoms. The molecule has 2 aromatic rings. The number of nitro benzene ring substituents is 1. The average Bonchev–Trinajstić information content (AvgIpc) is 3.08. The topological polar surface area (TPSA) is 137 Å². The van der Waals surface area contributed by atoms with Crippen LogP contribution in [-0.4, -0.2) is 51.4 Å². The van der Waals surface area contributed by atoms with E-state index in [1.807, 2.05) is 0 Å². The molecule has 1 heterocycles. The summed E-state index contributed by atoms with van der Waals surface area (Å²) in [6.45, 7) is 0.189. The van der Waals surface area contributed by atoms with Gasteiger partial charge in [-0.05, 0) is 18.2 Å². The zero-order valence-corrected chi connectivity index (χ0v) is 13.3. The third kappa shape index (κ3) is 4.61. The first-order valence-corrected chi connectivity index (χ1v) is 7.25. The highest BCUT2D eigenvalue weighted by Gasteiger charge is 2.21. The molecule has 0 aliphatic rings. The number of carboxylic acids is 1. The molecule has 2 rings (SSSR count). The third-order valence-corrected chi connectivity index (χ3v) is 3.36. The van der Waals surface area contributed by atoms with Gasteiger partial charge in [-0.3, -0.25) is 14.9 Å². The molecule has 10 nitrogen and oxygen atoms in total. The molecule has 2 N–H and O–H groups in total. The van der Waals surface area contributed by atoms with Crippen LogP contribution in [0.3, 0.4) is 0 Å². The summed E-state index contributed by atoms with van der Waals surface area (Å²) in [7, 11) is 1.44. The average molecular weight is 348 g/mol. The number of aliphatic carboxylic acids is 1. The summed E-state index contributed by atoms with van der Waals surface area (Å²) >= 11 is 0. The molecule has 0 aliphatic heterocycles. The van der Waals surface area contributed by atoms with Crippen LogP contribution in [0.2, 0.25) is 0 Å². The zero-order chi connectivity index (χ0) is 18.4. The lowest BCUT2D eigenvalue weighted by atomic mass is 10.2. The Kier molecular flexibility index (Phi) is 5.79. The van der Waals surface area contributed by atoms with Crippen molar-refractivity contribution in [1.29, 1.82) is 0 Å². The summed E-state index contributed by atoms with van der Waals surface area (Å²) in [6.07, 6.45) is 1.63. The number of nitrogens with one attached hydrogen (secondary N) is 1. The van der Waals surface area contributed by atoms with Crippen LogP contribution in [0.15, 0.2) is 36.5 Å². The first-order valence-electron chi connectivity index (χ1n) is 7.25. The first kappa shape index (κ1) is 18.1. The van der Waals surface area contributed by atoms with Crippen LogP contribution in [-0.2, 0) is 9.53 Å². The summed E-state index contributed by atoms with van der Waals surface area (Å²) in [5.74, 6) is -1.80. The lowest BCUT2D eigenvalue weighted by Gasteiger charge is -2.12. The number of hydrogen-bond acceptors (Lipinski definition) is 6. The maximum Gasteiger partial charge on any atom is 0.326 e. The predicted octanol–water partition coefficient (Wildman–Crippen LogP) is 1.00.